The van der Waals surface area contributed by atoms with Crippen molar-refractivity contribution < 1.29 is 26.3 Å². The van der Waals surface area contributed by atoms with Gasteiger partial charge in [-0.15, -0.1) is 0 Å². The van der Waals surface area contributed by atoms with Crippen molar-refractivity contribution >= 4 is 0 Å². The molecule has 1 aliphatic heterocycles. The van der Waals surface area contributed by atoms with Crippen LogP contribution in [0.2, 0.25) is 0 Å². The Kier molecular flexibility index (Phi) is 4.72. The molecule has 0 aromatic heterocycles. The molecule has 1 N–H and O–H groups in total. The predicted molar refractivity (Wildman–Crippen MR) is 69.2 cm³/mol. The molecule has 1 aromatic carbocycles. The van der Waals surface area contributed by atoms with Gasteiger partial charge in [-0.2, -0.15) is 26.3 Å². The summed E-state index contributed by atoms with van der Waals surface area (Å²) in [6.45, 7) is 3.81. The summed E-state index contributed by atoms with van der Waals surface area (Å²) in [5, 5.41) is 3.17. The second-order valence-corrected chi connectivity index (χ2v) is 5.50. The van der Waals surface area contributed by atoms with Crippen molar-refractivity contribution in [1.82, 2.24) is 10.2 Å². The molecule has 0 spiro atoms. The van der Waals surface area contributed by atoms with Crippen molar-refractivity contribution in [3.63, 3.8) is 0 Å². The lowest BCUT2D eigenvalue weighted by molar-refractivity contribution is -0.143. The summed E-state index contributed by atoms with van der Waals surface area (Å²) in [6.07, 6.45) is -9.60. The second-order valence-electron chi connectivity index (χ2n) is 5.50. The number of nitrogens with zero attached hydrogens (tertiary/aromatic N) is 1. The number of piperazine rings is 1. The van der Waals surface area contributed by atoms with E-state index in [4.69, 9.17) is 0 Å². The van der Waals surface area contributed by atoms with Crippen molar-refractivity contribution in [2.24, 2.45) is 0 Å². The molecule has 0 unspecified atom stereocenters. The van der Waals surface area contributed by atoms with Crippen LogP contribution in [0.3, 0.4) is 0 Å². The van der Waals surface area contributed by atoms with E-state index in [1.165, 1.54) is 0 Å². The van der Waals surface area contributed by atoms with E-state index in [1.54, 1.807) is 0 Å². The van der Waals surface area contributed by atoms with Gasteiger partial charge in [0, 0.05) is 32.2 Å². The molecule has 0 bridgehead atoms. The van der Waals surface area contributed by atoms with Crippen molar-refractivity contribution in [1.29, 1.82) is 0 Å². The van der Waals surface area contributed by atoms with Gasteiger partial charge in [0.25, 0.3) is 0 Å². The molecule has 0 amide bonds. The summed E-state index contributed by atoms with van der Waals surface area (Å²) in [5.74, 6) is 0. The SMILES string of the molecule is C[C@@H]1CN(Cc2cc(C(F)(F)F)cc(C(F)(F)F)c2)CCN1. The highest BCUT2D eigenvalue weighted by Crippen LogP contribution is 2.36. The second kappa shape index (κ2) is 6.08. The van der Waals surface area contributed by atoms with Gasteiger partial charge in [-0.25, -0.2) is 0 Å². The van der Waals surface area contributed by atoms with E-state index in [2.05, 4.69) is 5.32 Å². The van der Waals surface area contributed by atoms with Gasteiger partial charge in [0.15, 0.2) is 0 Å². The molecule has 8 heteroatoms. The highest BCUT2D eigenvalue weighted by Gasteiger charge is 2.37. The van der Waals surface area contributed by atoms with E-state index < -0.39 is 23.5 Å². The van der Waals surface area contributed by atoms with Crippen LogP contribution in [0.25, 0.3) is 0 Å². The van der Waals surface area contributed by atoms with Gasteiger partial charge in [0.1, 0.15) is 0 Å². The summed E-state index contributed by atoms with van der Waals surface area (Å²) >= 11 is 0. The zero-order valence-corrected chi connectivity index (χ0v) is 11.9. The third-order valence-corrected chi connectivity index (χ3v) is 3.51. The Bertz CT molecular complexity index is 491. The van der Waals surface area contributed by atoms with Crippen LogP contribution in [-0.4, -0.2) is 30.6 Å². The van der Waals surface area contributed by atoms with E-state index >= 15 is 0 Å². The lowest BCUT2D eigenvalue weighted by atomic mass is 10.0. The topological polar surface area (TPSA) is 15.3 Å². The Balaban J connectivity index is 2.29. The molecule has 2 rings (SSSR count). The first-order valence-corrected chi connectivity index (χ1v) is 6.80. The zero-order valence-electron chi connectivity index (χ0n) is 11.9. The number of hydrogen-bond acceptors (Lipinski definition) is 2. The molecule has 1 atom stereocenters. The van der Waals surface area contributed by atoms with E-state index in [0.717, 1.165) is 12.1 Å². The molecule has 1 fully saturated rings. The summed E-state index contributed by atoms with van der Waals surface area (Å²) < 4.78 is 76.7. The van der Waals surface area contributed by atoms with Gasteiger partial charge in [0.05, 0.1) is 11.1 Å². The Morgan fingerprint density at radius 3 is 2.05 bits per heavy atom. The largest absolute Gasteiger partial charge is 0.416 e. The number of halogens is 6. The van der Waals surface area contributed by atoms with Gasteiger partial charge < -0.3 is 5.32 Å². The number of benzene rings is 1. The Labute approximate surface area is 124 Å². The van der Waals surface area contributed by atoms with Gasteiger partial charge >= 0.3 is 12.4 Å². The minimum Gasteiger partial charge on any atom is -0.312 e. The average Bonchev–Trinajstić information content (AvgIpc) is 2.36. The van der Waals surface area contributed by atoms with Crippen LogP contribution in [0.1, 0.15) is 23.6 Å². The van der Waals surface area contributed by atoms with E-state index in [-0.39, 0.29) is 24.2 Å². The van der Waals surface area contributed by atoms with Crippen LogP contribution in [0.5, 0.6) is 0 Å². The van der Waals surface area contributed by atoms with Gasteiger partial charge in [0.2, 0.25) is 0 Å². The molecule has 1 saturated heterocycles. The molecule has 0 aliphatic carbocycles. The molecule has 0 radical (unpaired) electrons. The van der Waals surface area contributed by atoms with Crippen LogP contribution in [0, 0.1) is 0 Å². The number of nitrogens with one attached hydrogen (secondary N) is 1. The van der Waals surface area contributed by atoms with E-state index in [0.29, 0.717) is 19.6 Å². The number of hydrogen-bond donors (Lipinski definition) is 1. The van der Waals surface area contributed by atoms with Crippen molar-refractivity contribution in [2.45, 2.75) is 31.9 Å². The van der Waals surface area contributed by atoms with Crippen molar-refractivity contribution in [3.05, 3.63) is 34.9 Å². The van der Waals surface area contributed by atoms with Crippen LogP contribution >= 0.6 is 0 Å². The molecule has 1 heterocycles. The average molecular weight is 326 g/mol. The summed E-state index contributed by atoms with van der Waals surface area (Å²) in [6, 6.07) is 1.90. The first-order valence-electron chi connectivity index (χ1n) is 6.80. The number of rotatable bonds is 2. The summed E-state index contributed by atoms with van der Waals surface area (Å²) in [5.41, 5.74) is -2.50. The highest BCUT2D eigenvalue weighted by atomic mass is 19.4. The Morgan fingerprint density at radius 2 is 1.59 bits per heavy atom. The monoisotopic (exact) mass is 326 g/mol. The van der Waals surface area contributed by atoms with Crippen LogP contribution in [0.4, 0.5) is 26.3 Å². The third-order valence-electron chi connectivity index (χ3n) is 3.51. The lowest BCUT2D eigenvalue weighted by Crippen LogP contribution is -2.48. The fourth-order valence-corrected chi connectivity index (χ4v) is 2.52. The summed E-state index contributed by atoms with van der Waals surface area (Å²) in [4.78, 5) is 1.84. The van der Waals surface area contributed by atoms with Crippen LogP contribution in [0.15, 0.2) is 18.2 Å². The molecular formula is C14H16F6N2. The molecule has 1 aromatic rings. The maximum Gasteiger partial charge on any atom is 0.416 e. The standard InChI is InChI=1S/C14H16F6N2/c1-9-7-22(3-2-21-9)8-10-4-11(13(15,16)17)6-12(5-10)14(18,19)20/h4-6,9,21H,2-3,7-8H2,1H3/t9-/m1/s1. The quantitative estimate of drug-likeness (QED) is 0.837. The van der Waals surface area contributed by atoms with Crippen molar-refractivity contribution in [2.75, 3.05) is 19.6 Å². The van der Waals surface area contributed by atoms with Gasteiger partial charge in [-0.3, -0.25) is 4.90 Å². The van der Waals surface area contributed by atoms with E-state index in [9.17, 15) is 26.3 Å². The minimum atomic E-state index is -4.80. The Morgan fingerprint density at radius 1 is 1.05 bits per heavy atom. The number of alkyl halides is 6. The minimum absolute atomic E-state index is 0.0243. The van der Waals surface area contributed by atoms with Gasteiger partial charge in [-0.05, 0) is 30.7 Å². The van der Waals surface area contributed by atoms with Crippen LogP contribution < -0.4 is 5.32 Å². The first kappa shape index (κ1) is 17.1. The predicted octanol–water partition coefficient (Wildman–Crippen LogP) is 3.52. The highest BCUT2D eigenvalue weighted by molar-refractivity contribution is 5.33. The zero-order chi connectivity index (χ0) is 16.5. The fraction of sp³-hybridized carbons (Fsp3) is 0.571. The maximum atomic E-state index is 12.8. The van der Waals surface area contributed by atoms with Crippen LogP contribution in [-0.2, 0) is 18.9 Å². The molecule has 22 heavy (non-hydrogen) atoms. The third kappa shape index (κ3) is 4.36. The fourth-order valence-electron chi connectivity index (χ4n) is 2.52. The molecule has 2 nitrogen and oxygen atoms in total. The maximum absolute atomic E-state index is 12.8. The normalized spacial score (nSPS) is 21.1. The smallest absolute Gasteiger partial charge is 0.312 e. The molecule has 124 valence electrons. The first-order chi connectivity index (χ1) is 10.1. The Hall–Kier alpha value is -1.28. The lowest BCUT2D eigenvalue weighted by Gasteiger charge is -2.32. The van der Waals surface area contributed by atoms with Gasteiger partial charge in [-0.1, -0.05) is 0 Å². The molecule has 1 aliphatic rings. The van der Waals surface area contributed by atoms with Crippen molar-refractivity contribution in [3.8, 4) is 0 Å². The van der Waals surface area contributed by atoms with E-state index in [1.807, 2.05) is 11.8 Å². The summed E-state index contributed by atoms with van der Waals surface area (Å²) in [7, 11) is 0. The molecule has 0 saturated carbocycles. The molecular weight excluding hydrogens is 310 g/mol.